The molecule has 0 radical (unpaired) electrons. The van der Waals surface area contributed by atoms with E-state index in [9.17, 15) is 18.0 Å². The zero-order valence-electron chi connectivity index (χ0n) is 19.4. The molecular weight excluding hydrogens is 528 g/mol. The number of benzene rings is 3. The number of rotatable bonds is 8. The highest BCUT2D eigenvalue weighted by Crippen LogP contribution is 2.35. The molecule has 12 heteroatoms. The van der Waals surface area contributed by atoms with Crippen molar-refractivity contribution in [1.82, 2.24) is 4.57 Å². The molecule has 0 fully saturated rings. The van der Waals surface area contributed by atoms with Crippen molar-refractivity contribution >= 4 is 54.8 Å². The van der Waals surface area contributed by atoms with Crippen LogP contribution in [0.15, 0.2) is 64.3 Å². The Labute approximate surface area is 215 Å². The number of sulfonamides is 1. The van der Waals surface area contributed by atoms with E-state index in [1.165, 1.54) is 45.6 Å². The van der Waals surface area contributed by atoms with Crippen molar-refractivity contribution in [2.45, 2.75) is 11.4 Å². The van der Waals surface area contributed by atoms with Gasteiger partial charge in [0.05, 0.1) is 54.2 Å². The summed E-state index contributed by atoms with van der Waals surface area (Å²) in [5.41, 5.74) is 1.37. The summed E-state index contributed by atoms with van der Waals surface area (Å²) < 4.78 is 46.2. The summed E-state index contributed by atoms with van der Waals surface area (Å²) in [5.74, 6) is -0.313. The van der Waals surface area contributed by atoms with Crippen molar-refractivity contribution in [3.63, 3.8) is 0 Å². The van der Waals surface area contributed by atoms with Crippen molar-refractivity contribution in [3.8, 4) is 11.5 Å². The Hall–Kier alpha value is -3.54. The molecule has 4 rings (SSSR count). The number of carbonyl (C=O) groups is 1. The fraction of sp³-hybridized carbons (Fsp3) is 0.167. The van der Waals surface area contributed by atoms with Crippen molar-refractivity contribution in [2.24, 2.45) is 0 Å². The molecule has 9 nitrogen and oxygen atoms in total. The van der Waals surface area contributed by atoms with Crippen molar-refractivity contribution in [1.29, 1.82) is 0 Å². The highest BCUT2D eigenvalue weighted by molar-refractivity contribution is 7.92. The number of hydrogen-bond donors (Lipinski definition) is 1. The Morgan fingerprint density at radius 1 is 1.00 bits per heavy atom. The van der Waals surface area contributed by atoms with Gasteiger partial charge in [-0.25, -0.2) is 13.2 Å². The highest BCUT2D eigenvalue weighted by Gasteiger charge is 2.23. The quantitative estimate of drug-likeness (QED) is 0.325. The third-order valence-electron chi connectivity index (χ3n) is 5.38. The summed E-state index contributed by atoms with van der Waals surface area (Å²) in [6, 6.07) is 14.2. The molecule has 0 aliphatic carbocycles. The molecule has 1 N–H and O–H groups in total. The summed E-state index contributed by atoms with van der Waals surface area (Å²) in [5, 5.41) is 0.591. The molecular formula is C24H21ClN2O7S2. The van der Waals surface area contributed by atoms with E-state index in [0.29, 0.717) is 21.8 Å². The van der Waals surface area contributed by atoms with Crippen LogP contribution in [0, 0.1) is 0 Å². The number of nitrogens with zero attached hydrogens (tertiary/aromatic N) is 1. The number of hydrogen-bond acceptors (Lipinski definition) is 8. The Kier molecular flexibility index (Phi) is 7.25. The molecule has 1 heterocycles. The molecule has 188 valence electrons. The number of thiazole rings is 1. The number of ether oxygens (including phenoxy) is 3. The summed E-state index contributed by atoms with van der Waals surface area (Å²) in [6.45, 7) is 0.314. The lowest BCUT2D eigenvalue weighted by molar-refractivity contribution is 0.0601. The van der Waals surface area contributed by atoms with Crippen molar-refractivity contribution in [2.75, 3.05) is 26.1 Å². The first-order chi connectivity index (χ1) is 17.2. The van der Waals surface area contributed by atoms with Gasteiger partial charge in [-0.15, -0.1) is 0 Å². The van der Waals surface area contributed by atoms with Gasteiger partial charge in [0, 0.05) is 17.2 Å². The third kappa shape index (κ3) is 5.03. The summed E-state index contributed by atoms with van der Waals surface area (Å²) in [4.78, 5) is 24.7. The zero-order chi connectivity index (χ0) is 26.0. The molecule has 0 unspecified atom stereocenters. The molecule has 0 aliphatic heterocycles. The number of methoxy groups -OCH3 is 3. The van der Waals surface area contributed by atoms with Gasteiger partial charge in [-0.3, -0.25) is 14.1 Å². The SMILES string of the molecule is COC(=O)c1cc(OC)c(OC)cc1NS(=O)(=O)c1ccc2c(c1)sc(=O)n2Cc1ccc(Cl)cc1. The Bertz CT molecular complexity index is 1610. The molecule has 36 heavy (non-hydrogen) atoms. The Morgan fingerprint density at radius 3 is 2.31 bits per heavy atom. The molecule has 0 aliphatic rings. The van der Waals surface area contributed by atoms with Crippen molar-refractivity contribution < 1.29 is 27.4 Å². The number of nitrogens with one attached hydrogen (secondary N) is 1. The maximum absolute atomic E-state index is 13.2. The Morgan fingerprint density at radius 2 is 1.67 bits per heavy atom. The fourth-order valence-corrected chi connectivity index (χ4v) is 5.81. The van der Waals surface area contributed by atoms with Crippen LogP contribution in [-0.4, -0.2) is 40.3 Å². The first kappa shape index (κ1) is 25.5. The van der Waals surface area contributed by atoms with Crippen LogP contribution < -0.4 is 19.1 Å². The molecule has 4 aromatic rings. The molecule has 1 aromatic heterocycles. The number of esters is 1. The molecule has 0 bridgehead atoms. The number of aromatic nitrogens is 1. The maximum Gasteiger partial charge on any atom is 0.340 e. The monoisotopic (exact) mass is 548 g/mol. The van der Waals surface area contributed by atoms with E-state index in [-0.39, 0.29) is 32.5 Å². The maximum atomic E-state index is 13.2. The van der Waals surface area contributed by atoms with Crippen LogP contribution in [0.2, 0.25) is 5.02 Å². The Balaban J connectivity index is 1.71. The molecule has 3 aromatic carbocycles. The van der Waals surface area contributed by atoms with E-state index in [1.807, 2.05) is 12.1 Å². The van der Waals surface area contributed by atoms with Crippen molar-refractivity contribution in [3.05, 3.63) is 80.4 Å². The lowest BCUT2D eigenvalue weighted by atomic mass is 10.1. The van der Waals surface area contributed by atoms with E-state index in [0.717, 1.165) is 16.9 Å². The predicted molar refractivity (Wildman–Crippen MR) is 138 cm³/mol. The second-order valence-corrected chi connectivity index (χ2v) is 10.7. The van der Waals surface area contributed by atoms with Crippen LogP contribution in [-0.2, 0) is 21.3 Å². The largest absolute Gasteiger partial charge is 0.493 e. The summed E-state index contributed by atoms with van der Waals surface area (Å²) in [6.07, 6.45) is 0. The second kappa shape index (κ2) is 10.2. The van der Waals surface area contributed by atoms with Crippen LogP contribution in [0.25, 0.3) is 10.2 Å². The number of carbonyl (C=O) groups excluding carboxylic acids is 1. The second-order valence-electron chi connectivity index (χ2n) is 7.56. The zero-order valence-corrected chi connectivity index (χ0v) is 21.8. The van der Waals surface area contributed by atoms with Gasteiger partial charge in [-0.2, -0.15) is 0 Å². The van der Waals surface area contributed by atoms with Gasteiger partial charge in [0.1, 0.15) is 0 Å². The van der Waals surface area contributed by atoms with Gasteiger partial charge in [0.2, 0.25) is 0 Å². The van der Waals surface area contributed by atoms with Gasteiger partial charge in [0.25, 0.3) is 10.0 Å². The standard InChI is InChI=1S/C24H21ClN2O7S2/c1-32-20-11-17(23(28)34-3)18(12-21(20)33-2)26-36(30,31)16-8-9-19-22(10-16)35-24(29)27(19)13-14-4-6-15(25)7-5-14/h4-12,26H,13H2,1-3H3. The van der Waals surface area contributed by atoms with Crippen LogP contribution in [0.5, 0.6) is 11.5 Å². The first-order valence-corrected chi connectivity index (χ1v) is 13.1. The average Bonchev–Trinajstić information content (AvgIpc) is 3.18. The summed E-state index contributed by atoms with van der Waals surface area (Å²) >= 11 is 6.88. The molecule has 0 atom stereocenters. The fourth-order valence-electron chi connectivity index (χ4n) is 3.58. The lowest BCUT2D eigenvalue weighted by Crippen LogP contribution is -2.16. The van der Waals surface area contributed by atoms with Crippen LogP contribution >= 0.6 is 22.9 Å². The number of fused-ring (bicyclic) bond motifs is 1. The van der Waals surface area contributed by atoms with E-state index in [1.54, 1.807) is 22.8 Å². The first-order valence-electron chi connectivity index (χ1n) is 10.4. The van der Waals surface area contributed by atoms with Gasteiger partial charge < -0.3 is 14.2 Å². The van der Waals surface area contributed by atoms with E-state index >= 15 is 0 Å². The highest BCUT2D eigenvalue weighted by atomic mass is 35.5. The van der Waals surface area contributed by atoms with E-state index in [2.05, 4.69) is 4.72 Å². The predicted octanol–water partition coefficient (Wildman–Crippen LogP) is 4.37. The average molecular weight is 549 g/mol. The minimum Gasteiger partial charge on any atom is -0.493 e. The smallest absolute Gasteiger partial charge is 0.340 e. The third-order valence-corrected chi connectivity index (χ3v) is 7.93. The molecule has 0 spiro atoms. The van der Waals surface area contributed by atoms with Crippen LogP contribution in [0.1, 0.15) is 15.9 Å². The normalized spacial score (nSPS) is 11.3. The van der Waals surface area contributed by atoms with Crippen LogP contribution in [0.4, 0.5) is 5.69 Å². The summed E-state index contributed by atoms with van der Waals surface area (Å²) in [7, 11) is -0.193. The van der Waals surface area contributed by atoms with Gasteiger partial charge in [0.15, 0.2) is 11.5 Å². The molecule has 0 amide bonds. The van der Waals surface area contributed by atoms with Gasteiger partial charge in [-0.05, 0) is 35.9 Å². The van der Waals surface area contributed by atoms with E-state index in [4.69, 9.17) is 25.8 Å². The van der Waals surface area contributed by atoms with Gasteiger partial charge in [-0.1, -0.05) is 35.1 Å². The number of anilines is 1. The van der Waals surface area contributed by atoms with E-state index < -0.39 is 16.0 Å². The van der Waals surface area contributed by atoms with Gasteiger partial charge >= 0.3 is 10.8 Å². The minimum atomic E-state index is -4.15. The molecule has 0 saturated carbocycles. The topological polar surface area (TPSA) is 113 Å². The molecule has 0 saturated heterocycles. The lowest BCUT2D eigenvalue weighted by Gasteiger charge is -2.15. The van der Waals surface area contributed by atoms with Crippen LogP contribution in [0.3, 0.4) is 0 Å². The minimum absolute atomic E-state index is 0.0481. The number of halogens is 1.